The molecule has 4 heteroatoms. The number of carbonyl (C=O) groups is 2. The fraction of sp³-hybridized carbons (Fsp3) is 0.231. The van der Waals surface area contributed by atoms with Gasteiger partial charge in [-0.2, -0.15) is 0 Å². The van der Waals surface area contributed by atoms with Gasteiger partial charge in [-0.05, 0) is 12.1 Å². The summed E-state index contributed by atoms with van der Waals surface area (Å²) in [5, 5.41) is 0. The topological polar surface area (TPSA) is 37.4 Å². The number of nitrogens with zero attached hydrogens (tertiary/aromatic N) is 1. The first-order valence-corrected chi connectivity index (χ1v) is 9.14. The van der Waals surface area contributed by atoms with E-state index in [0.29, 0.717) is 11.1 Å². The summed E-state index contributed by atoms with van der Waals surface area (Å²) in [4.78, 5) is 25.2. The summed E-state index contributed by atoms with van der Waals surface area (Å²) in [5.41, 5.74) is 2.99. The third-order valence-electron chi connectivity index (χ3n) is 2.55. The second-order valence-corrected chi connectivity index (χ2v) is 10.3. The van der Waals surface area contributed by atoms with Gasteiger partial charge in [0.1, 0.15) is 0 Å². The van der Waals surface area contributed by atoms with Crippen LogP contribution in [0.3, 0.4) is 0 Å². The van der Waals surface area contributed by atoms with Gasteiger partial charge in [-0.3, -0.25) is 9.59 Å². The molecule has 0 saturated heterocycles. The minimum atomic E-state index is -1.41. The first kappa shape index (κ1) is 11.8. The summed E-state index contributed by atoms with van der Waals surface area (Å²) in [6, 6.07) is 6.93. The minimum absolute atomic E-state index is 0.222. The first-order valence-electron chi connectivity index (χ1n) is 5.56. The van der Waals surface area contributed by atoms with Crippen molar-refractivity contribution in [3.63, 3.8) is 0 Å². The van der Waals surface area contributed by atoms with Crippen molar-refractivity contribution in [2.75, 3.05) is 0 Å². The van der Waals surface area contributed by atoms with E-state index < -0.39 is 8.07 Å². The molecule has 0 aromatic heterocycles. The lowest BCUT2D eigenvalue weighted by Gasteiger charge is -2.12. The maximum atomic E-state index is 12.0. The van der Waals surface area contributed by atoms with E-state index in [2.05, 4.69) is 19.6 Å². The van der Waals surface area contributed by atoms with Gasteiger partial charge in [-0.1, -0.05) is 37.5 Å². The number of fused-ring (bicyclic) bond motifs is 1. The zero-order chi connectivity index (χ0) is 12.6. The van der Waals surface area contributed by atoms with Gasteiger partial charge in [0.2, 0.25) is 0 Å². The summed E-state index contributed by atoms with van der Waals surface area (Å²) >= 11 is 0. The van der Waals surface area contributed by atoms with E-state index in [-0.39, 0.29) is 11.8 Å². The molecule has 1 aliphatic heterocycles. The Morgan fingerprint density at radius 1 is 1.00 bits per heavy atom. The highest BCUT2D eigenvalue weighted by molar-refractivity contribution is 6.81. The third kappa shape index (κ3) is 2.21. The van der Waals surface area contributed by atoms with E-state index in [1.54, 1.807) is 30.5 Å². The van der Waals surface area contributed by atoms with Crippen LogP contribution in [0, 0.1) is 0 Å². The molecule has 1 aromatic carbocycles. The Balaban J connectivity index is 2.34. The van der Waals surface area contributed by atoms with Gasteiger partial charge in [0, 0.05) is 6.20 Å². The smallest absolute Gasteiger partial charge is 0.265 e. The number of imide groups is 1. The Bertz CT molecular complexity index is 479. The normalized spacial score (nSPS) is 15.8. The van der Waals surface area contributed by atoms with Gasteiger partial charge in [-0.15, -0.1) is 0 Å². The first-order chi connectivity index (χ1) is 7.90. The minimum Gasteiger partial charge on any atom is -0.268 e. The lowest BCUT2D eigenvalue weighted by atomic mass is 10.1. The number of amides is 2. The van der Waals surface area contributed by atoms with E-state index in [1.807, 2.05) is 5.70 Å². The van der Waals surface area contributed by atoms with Crippen LogP contribution < -0.4 is 0 Å². The van der Waals surface area contributed by atoms with Gasteiger partial charge in [0.15, 0.2) is 0 Å². The van der Waals surface area contributed by atoms with Crippen molar-refractivity contribution in [1.82, 2.24) is 4.90 Å². The molecule has 17 heavy (non-hydrogen) atoms. The van der Waals surface area contributed by atoms with Crippen molar-refractivity contribution in [2.24, 2.45) is 0 Å². The van der Waals surface area contributed by atoms with Crippen LogP contribution in [0.25, 0.3) is 0 Å². The van der Waals surface area contributed by atoms with Gasteiger partial charge < -0.3 is 0 Å². The van der Waals surface area contributed by atoms with Gasteiger partial charge >= 0.3 is 0 Å². The summed E-state index contributed by atoms with van der Waals surface area (Å²) in [6.45, 7) is 6.46. The molecule has 0 atom stereocenters. The van der Waals surface area contributed by atoms with E-state index in [1.165, 1.54) is 4.90 Å². The Labute approximate surface area is 102 Å². The van der Waals surface area contributed by atoms with Crippen molar-refractivity contribution in [2.45, 2.75) is 19.6 Å². The van der Waals surface area contributed by atoms with Crippen LogP contribution in [0.15, 0.2) is 36.2 Å². The Morgan fingerprint density at radius 3 is 1.88 bits per heavy atom. The van der Waals surface area contributed by atoms with Crippen molar-refractivity contribution in [3.05, 3.63) is 47.3 Å². The molecule has 2 rings (SSSR count). The molecule has 3 nitrogen and oxygen atoms in total. The summed E-state index contributed by atoms with van der Waals surface area (Å²) in [5.74, 6) is -0.444. The van der Waals surface area contributed by atoms with Gasteiger partial charge in [0.05, 0.1) is 19.2 Å². The molecular weight excluding hydrogens is 230 g/mol. The second-order valence-electron chi connectivity index (χ2n) is 5.21. The summed E-state index contributed by atoms with van der Waals surface area (Å²) in [6.07, 6.45) is 1.64. The molecule has 0 unspecified atom stereocenters. The number of carbonyl (C=O) groups excluding carboxylic acids is 2. The molecule has 0 aliphatic carbocycles. The van der Waals surface area contributed by atoms with Crippen LogP contribution in [-0.4, -0.2) is 24.8 Å². The van der Waals surface area contributed by atoms with Crippen LogP contribution in [0.4, 0.5) is 0 Å². The van der Waals surface area contributed by atoms with Crippen LogP contribution in [-0.2, 0) is 0 Å². The lowest BCUT2D eigenvalue weighted by Crippen LogP contribution is -2.26. The van der Waals surface area contributed by atoms with E-state index in [4.69, 9.17) is 0 Å². The monoisotopic (exact) mass is 245 g/mol. The zero-order valence-corrected chi connectivity index (χ0v) is 11.2. The SMILES string of the molecule is C[Si](C)(C)/C=C/N1C(=O)c2ccccc2C1=O. The molecule has 2 amide bonds. The van der Waals surface area contributed by atoms with Crippen LogP contribution in [0.2, 0.25) is 19.6 Å². The Morgan fingerprint density at radius 2 is 1.47 bits per heavy atom. The van der Waals surface area contributed by atoms with Crippen LogP contribution >= 0.6 is 0 Å². The lowest BCUT2D eigenvalue weighted by molar-refractivity contribution is 0.0722. The Kier molecular flexibility index (Phi) is 2.75. The maximum Gasteiger partial charge on any atom is 0.265 e. The molecule has 1 aliphatic rings. The molecule has 1 heterocycles. The number of benzene rings is 1. The zero-order valence-electron chi connectivity index (χ0n) is 10.2. The van der Waals surface area contributed by atoms with Crippen LogP contribution in [0.1, 0.15) is 20.7 Å². The number of hydrogen-bond donors (Lipinski definition) is 0. The highest BCUT2D eigenvalue weighted by Gasteiger charge is 2.33. The molecule has 0 bridgehead atoms. The molecule has 0 spiro atoms. The molecule has 88 valence electrons. The second kappa shape index (κ2) is 3.96. The third-order valence-corrected chi connectivity index (χ3v) is 3.70. The number of rotatable bonds is 2. The fourth-order valence-electron chi connectivity index (χ4n) is 1.64. The largest absolute Gasteiger partial charge is 0.268 e. The molecule has 0 radical (unpaired) electrons. The van der Waals surface area contributed by atoms with Gasteiger partial charge in [0.25, 0.3) is 11.8 Å². The quantitative estimate of drug-likeness (QED) is 0.593. The molecule has 0 saturated carbocycles. The maximum absolute atomic E-state index is 12.0. The Hall–Kier alpha value is -1.68. The average Bonchev–Trinajstić information content (AvgIpc) is 2.49. The summed E-state index contributed by atoms with van der Waals surface area (Å²) in [7, 11) is -1.41. The highest BCUT2D eigenvalue weighted by atomic mass is 28.3. The average molecular weight is 245 g/mol. The van der Waals surface area contributed by atoms with E-state index >= 15 is 0 Å². The van der Waals surface area contributed by atoms with Crippen molar-refractivity contribution in [3.8, 4) is 0 Å². The van der Waals surface area contributed by atoms with E-state index in [0.717, 1.165) is 0 Å². The molecule has 0 fully saturated rings. The summed E-state index contributed by atoms with van der Waals surface area (Å²) < 4.78 is 0. The predicted octanol–water partition coefficient (Wildman–Crippen LogP) is 2.67. The molecule has 1 aromatic rings. The van der Waals surface area contributed by atoms with Gasteiger partial charge in [-0.25, -0.2) is 4.90 Å². The molecule has 0 N–H and O–H groups in total. The van der Waals surface area contributed by atoms with E-state index in [9.17, 15) is 9.59 Å². The molecular formula is C13H15NO2Si. The number of hydrogen-bond acceptors (Lipinski definition) is 2. The van der Waals surface area contributed by atoms with Crippen molar-refractivity contribution < 1.29 is 9.59 Å². The predicted molar refractivity (Wildman–Crippen MR) is 69.4 cm³/mol. The fourth-order valence-corrected chi connectivity index (χ4v) is 2.24. The highest BCUT2D eigenvalue weighted by Crippen LogP contribution is 2.22. The van der Waals surface area contributed by atoms with Crippen molar-refractivity contribution in [1.29, 1.82) is 0 Å². The standard InChI is InChI=1S/C13H15NO2Si/c1-17(2,3)9-8-14-12(15)10-6-4-5-7-11(10)13(14)16/h4-9H,1-3H3/b9-8+. The van der Waals surface area contributed by atoms with Crippen LogP contribution in [0.5, 0.6) is 0 Å². The van der Waals surface area contributed by atoms with Crippen molar-refractivity contribution >= 4 is 19.9 Å².